The zero-order chi connectivity index (χ0) is 20.6. The molecule has 1 fully saturated rings. The lowest BCUT2D eigenvalue weighted by molar-refractivity contribution is 0.0148. The molecular formula is C20H30N4O4. The summed E-state index contributed by atoms with van der Waals surface area (Å²) in [6.45, 7) is 11.0. The Labute approximate surface area is 166 Å². The molecule has 0 aromatic carbocycles. The molecule has 0 bridgehead atoms. The van der Waals surface area contributed by atoms with Crippen molar-refractivity contribution >= 4 is 17.7 Å². The Bertz CT molecular complexity index is 764. The first-order valence-corrected chi connectivity index (χ1v) is 9.80. The number of carbonyl (C=O) groups is 2. The average Bonchev–Trinajstić information content (AvgIpc) is 2.89. The number of pyridine rings is 1. The van der Waals surface area contributed by atoms with Crippen LogP contribution in [0.15, 0.2) is 6.07 Å². The quantitative estimate of drug-likeness (QED) is 0.852. The van der Waals surface area contributed by atoms with E-state index in [1.807, 2.05) is 39.5 Å². The summed E-state index contributed by atoms with van der Waals surface area (Å²) in [5.41, 5.74) is 7.21. The van der Waals surface area contributed by atoms with Gasteiger partial charge in [0, 0.05) is 31.2 Å². The van der Waals surface area contributed by atoms with E-state index in [2.05, 4.69) is 4.98 Å². The standard InChI is InChI=1S/C20H30N4O4/c1-12(2)27-17-15(21)10-13-11-24(18(25)16(13)22-17)14-6-8-23(9-7-14)19(26)28-20(3,4)5/h10,12,14H,6-9,11,21H2,1-5H3. The zero-order valence-corrected chi connectivity index (χ0v) is 17.3. The van der Waals surface area contributed by atoms with Crippen molar-refractivity contribution in [2.45, 2.75) is 71.8 Å². The predicted molar refractivity (Wildman–Crippen MR) is 105 cm³/mol. The predicted octanol–water partition coefficient (Wildman–Crippen LogP) is 2.81. The fraction of sp³-hybridized carbons (Fsp3) is 0.650. The third kappa shape index (κ3) is 4.31. The maximum Gasteiger partial charge on any atom is 0.410 e. The van der Waals surface area contributed by atoms with E-state index < -0.39 is 5.60 Å². The first kappa shape index (κ1) is 20.2. The van der Waals surface area contributed by atoms with E-state index in [-0.39, 0.29) is 24.1 Å². The first-order chi connectivity index (χ1) is 13.0. The van der Waals surface area contributed by atoms with Crippen LogP contribution in [0.1, 0.15) is 63.5 Å². The molecule has 1 saturated heterocycles. The molecule has 2 N–H and O–H groups in total. The molecule has 28 heavy (non-hydrogen) atoms. The number of carbonyl (C=O) groups excluding carboxylic acids is 2. The van der Waals surface area contributed by atoms with Crippen molar-refractivity contribution in [3.63, 3.8) is 0 Å². The van der Waals surface area contributed by atoms with Crippen LogP contribution in [0.4, 0.5) is 10.5 Å². The van der Waals surface area contributed by atoms with Gasteiger partial charge in [-0.2, -0.15) is 0 Å². The van der Waals surface area contributed by atoms with Crippen LogP contribution in [-0.2, 0) is 11.3 Å². The number of hydrogen-bond donors (Lipinski definition) is 1. The number of hydrogen-bond acceptors (Lipinski definition) is 6. The molecule has 1 aromatic rings. The van der Waals surface area contributed by atoms with Gasteiger partial charge in [-0.05, 0) is 53.5 Å². The topological polar surface area (TPSA) is 98.0 Å². The van der Waals surface area contributed by atoms with Crippen LogP contribution in [0.2, 0.25) is 0 Å². The highest BCUT2D eigenvalue weighted by atomic mass is 16.6. The fourth-order valence-corrected chi connectivity index (χ4v) is 3.55. The van der Waals surface area contributed by atoms with Crippen molar-refractivity contribution in [1.82, 2.24) is 14.8 Å². The van der Waals surface area contributed by atoms with E-state index in [0.29, 0.717) is 49.7 Å². The third-order valence-electron chi connectivity index (χ3n) is 4.80. The summed E-state index contributed by atoms with van der Waals surface area (Å²) in [7, 11) is 0. The molecule has 1 aromatic heterocycles. The summed E-state index contributed by atoms with van der Waals surface area (Å²) in [4.78, 5) is 33.1. The second-order valence-electron chi connectivity index (χ2n) is 8.69. The number of ether oxygens (including phenoxy) is 2. The molecule has 3 rings (SSSR count). The highest BCUT2D eigenvalue weighted by molar-refractivity contribution is 5.97. The van der Waals surface area contributed by atoms with E-state index in [9.17, 15) is 9.59 Å². The number of aromatic nitrogens is 1. The molecule has 0 spiro atoms. The van der Waals surface area contributed by atoms with Crippen LogP contribution in [0, 0.1) is 0 Å². The highest BCUT2D eigenvalue weighted by Crippen LogP contribution is 2.32. The second-order valence-corrected chi connectivity index (χ2v) is 8.69. The number of amides is 2. The van der Waals surface area contributed by atoms with Crippen molar-refractivity contribution in [2.24, 2.45) is 0 Å². The Kier molecular flexibility index (Phi) is 5.41. The van der Waals surface area contributed by atoms with Gasteiger partial charge in [-0.1, -0.05) is 0 Å². The average molecular weight is 390 g/mol. The van der Waals surface area contributed by atoms with Gasteiger partial charge >= 0.3 is 6.09 Å². The molecule has 0 unspecified atom stereocenters. The lowest BCUT2D eigenvalue weighted by Crippen LogP contribution is -2.48. The summed E-state index contributed by atoms with van der Waals surface area (Å²) in [6.07, 6.45) is 1.05. The summed E-state index contributed by atoms with van der Waals surface area (Å²) in [5, 5.41) is 0. The van der Waals surface area contributed by atoms with Gasteiger partial charge in [0.25, 0.3) is 5.91 Å². The van der Waals surface area contributed by atoms with Crippen molar-refractivity contribution in [3.05, 3.63) is 17.3 Å². The smallest absolute Gasteiger partial charge is 0.410 e. The number of nitrogen functional groups attached to an aromatic ring is 1. The maximum absolute atomic E-state index is 12.9. The number of rotatable bonds is 3. The third-order valence-corrected chi connectivity index (χ3v) is 4.80. The van der Waals surface area contributed by atoms with Crippen LogP contribution in [0.3, 0.4) is 0 Å². The summed E-state index contributed by atoms with van der Waals surface area (Å²) < 4.78 is 11.1. The van der Waals surface area contributed by atoms with Gasteiger partial charge in [0.1, 0.15) is 11.3 Å². The zero-order valence-electron chi connectivity index (χ0n) is 17.3. The summed E-state index contributed by atoms with van der Waals surface area (Å²) >= 11 is 0. The molecular weight excluding hydrogens is 360 g/mol. The summed E-state index contributed by atoms with van der Waals surface area (Å²) in [6, 6.07) is 1.85. The van der Waals surface area contributed by atoms with Gasteiger partial charge in [-0.25, -0.2) is 9.78 Å². The van der Waals surface area contributed by atoms with Crippen LogP contribution < -0.4 is 10.5 Å². The normalized spacial score (nSPS) is 17.9. The van der Waals surface area contributed by atoms with Crippen LogP contribution in [-0.4, -0.2) is 57.6 Å². The Morgan fingerprint density at radius 3 is 2.50 bits per heavy atom. The van der Waals surface area contributed by atoms with Gasteiger partial charge < -0.3 is 25.0 Å². The Balaban J connectivity index is 1.65. The second kappa shape index (κ2) is 7.48. The minimum absolute atomic E-state index is 0.0658. The van der Waals surface area contributed by atoms with E-state index in [1.165, 1.54) is 0 Å². The number of anilines is 1. The lowest BCUT2D eigenvalue weighted by atomic mass is 10.0. The molecule has 0 radical (unpaired) electrons. The minimum Gasteiger partial charge on any atom is -0.473 e. The number of nitrogens with two attached hydrogens (primary N) is 1. The van der Waals surface area contributed by atoms with Crippen LogP contribution in [0.5, 0.6) is 5.88 Å². The molecule has 2 amide bonds. The lowest BCUT2D eigenvalue weighted by Gasteiger charge is -2.37. The van der Waals surface area contributed by atoms with Gasteiger partial charge in [0.05, 0.1) is 11.8 Å². The molecule has 3 heterocycles. The Morgan fingerprint density at radius 2 is 1.93 bits per heavy atom. The van der Waals surface area contributed by atoms with E-state index >= 15 is 0 Å². The van der Waals surface area contributed by atoms with Gasteiger partial charge in [0.15, 0.2) is 0 Å². The van der Waals surface area contributed by atoms with Gasteiger partial charge in [-0.15, -0.1) is 0 Å². The molecule has 8 nitrogen and oxygen atoms in total. The van der Waals surface area contributed by atoms with E-state index in [0.717, 1.165) is 5.56 Å². The SMILES string of the molecule is CC(C)Oc1nc2c(cc1N)CN(C1CCN(C(=O)OC(C)(C)C)CC1)C2=O. The molecule has 0 aliphatic carbocycles. The molecule has 2 aliphatic rings. The number of fused-ring (bicyclic) bond motifs is 1. The van der Waals surface area contributed by atoms with Crippen molar-refractivity contribution in [3.8, 4) is 5.88 Å². The van der Waals surface area contributed by atoms with E-state index in [4.69, 9.17) is 15.2 Å². The first-order valence-electron chi connectivity index (χ1n) is 9.80. The Hall–Kier alpha value is -2.51. The number of nitrogens with zero attached hydrogens (tertiary/aromatic N) is 3. The molecule has 2 aliphatic heterocycles. The fourth-order valence-electron chi connectivity index (χ4n) is 3.55. The van der Waals surface area contributed by atoms with Crippen molar-refractivity contribution in [1.29, 1.82) is 0 Å². The van der Waals surface area contributed by atoms with Crippen molar-refractivity contribution < 1.29 is 19.1 Å². The largest absolute Gasteiger partial charge is 0.473 e. The van der Waals surface area contributed by atoms with Crippen LogP contribution in [0.25, 0.3) is 0 Å². The van der Waals surface area contributed by atoms with E-state index in [1.54, 1.807) is 11.0 Å². The summed E-state index contributed by atoms with van der Waals surface area (Å²) in [5.74, 6) is 0.211. The molecule has 0 atom stereocenters. The molecule has 154 valence electrons. The Morgan fingerprint density at radius 1 is 1.29 bits per heavy atom. The highest BCUT2D eigenvalue weighted by Gasteiger charge is 2.37. The number of piperidine rings is 1. The minimum atomic E-state index is -0.512. The monoisotopic (exact) mass is 390 g/mol. The number of likely N-dealkylation sites (tertiary alicyclic amines) is 1. The molecule has 0 saturated carbocycles. The molecule has 8 heteroatoms. The van der Waals surface area contributed by atoms with Gasteiger partial charge in [-0.3, -0.25) is 4.79 Å². The van der Waals surface area contributed by atoms with Gasteiger partial charge in [0.2, 0.25) is 5.88 Å². The van der Waals surface area contributed by atoms with Crippen molar-refractivity contribution in [2.75, 3.05) is 18.8 Å². The van der Waals surface area contributed by atoms with Crippen LogP contribution >= 0.6 is 0 Å². The maximum atomic E-state index is 12.9.